The molecule has 136 valence electrons. The van der Waals surface area contributed by atoms with Crippen molar-refractivity contribution in [3.63, 3.8) is 0 Å². The first kappa shape index (κ1) is 18.7. The lowest BCUT2D eigenvalue weighted by atomic mass is 9.96. The zero-order chi connectivity index (χ0) is 18.1. The van der Waals surface area contributed by atoms with Gasteiger partial charge < -0.3 is 20.1 Å². The highest BCUT2D eigenvalue weighted by Gasteiger charge is 2.19. The molecule has 1 fully saturated rings. The van der Waals surface area contributed by atoms with Crippen LogP contribution in [0.25, 0.3) is 0 Å². The molecule has 8 nitrogen and oxygen atoms in total. The maximum atomic E-state index is 12.1. The van der Waals surface area contributed by atoms with E-state index in [1.54, 1.807) is 12.3 Å². The molecule has 2 amide bonds. The van der Waals surface area contributed by atoms with Gasteiger partial charge in [-0.05, 0) is 25.3 Å². The van der Waals surface area contributed by atoms with Gasteiger partial charge in [-0.1, -0.05) is 0 Å². The number of esters is 1. The molecular formula is C17H23N3O5. The van der Waals surface area contributed by atoms with Crippen LogP contribution in [0.15, 0.2) is 18.5 Å². The summed E-state index contributed by atoms with van der Waals surface area (Å²) in [6, 6.07) is 1.65. The van der Waals surface area contributed by atoms with Gasteiger partial charge in [-0.3, -0.25) is 19.4 Å². The van der Waals surface area contributed by atoms with Crippen molar-refractivity contribution in [3.05, 3.63) is 24.0 Å². The summed E-state index contributed by atoms with van der Waals surface area (Å²) in [7, 11) is 1.29. The van der Waals surface area contributed by atoms with E-state index in [0.29, 0.717) is 11.3 Å². The number of ether oxygens (including phenoxy) is 2. The molecule has 0 radical (unpaired) electrons. The minimum absolute atomic E-state index is 0.119. The molecule has 0 aliphatic heterocycles. The number of aromatic nitrogens is 1. The van der Waals surface area contributed by atoms with E-state index in [9.17, 15) is 14.4 Å². The summed E-state index contributed by atoms with van der Waals surface area (Å²) in [5.74, 6) is -0.360. The minimum Gasteiger partial charge on any atom is -0.489 e. The molecule has 1 heterocycles. The highest BCUT2D eigenvalue weighted by Crippen LogP contribution is 2.24. The second-order valence-corrected chi connectivity index (χ2v) is 5.76. The van der Waals surface area contributed by atoms with E-state index < -0.39 is 0 Å². The minimum atomic E-state index is -0.384. The number of rotatable bonds is 9. The molecule has 8 heteroatoms. The van der Waals surface area contributed by atoms with Crippen molar-refractivity contribution in [2.45, 2.75) is 38.2 Å². The van der Waals surface area contributed by atoms with Crippen LogP contribution in [0.5, 0.6) is 5.75 Å². The Morgan fingerprint density at radius 3 is 2.60 bits per heavy atom. The standard InChI is InChI=1S/C17H23N3O5/c1-24-16(22)6-8-19-15(21)5-7-20-17(23)12-9-14(11-18-10-12)25-13-3-2-4-13/h9-11,13H,2-8H2,1H3,(H,19,21)(H,20,23). The Bertz CT molecular complexity index is 616. The van der Waals surface area contributed by atoms with Gasteiger partial charge in [-0.2, -0.15) is 0 Å². The number of methoxy groups -OCH3 is 1. The Morgan fingerprint density at radius 2 is 1.92 bits per heavy atom. The van der Waals surface area contributed by atoms with Gasteiger partial charge in [0.1, 0.15) is 5.75 Å². The summed E-state index contributed by atoms with van der Waals surface area (Å²) >= 11 is 0. The third kappa shape index (κ3) is 6.40. The fraction of sp³-hybridized carbons (Fsp3) is 0.529. The summed E-state index contributed by atoms with van der Waals surface area (Å²) in [5, 5.41) is 5.24. The van der Waals surface area contributed by atoms with Crippen LogP contribution in [0, 0.1) is 0 Å². The first-order valence-corrected chi connectivity index (χ1v) is 8.32. The van der Waals surface area contributed by atoms with Gasteiger partial charge in [-0.15, -0.1) is 0 Å². The number of hydrogen-bond donors (Lipinski definition) is 2. The Morgan fingerprint density at radius 1 is 1.16 bits per heavy atom. The average Bonchev–Trinajstić information content (AvgIpc) is 2.58. The van der Waals surface area contributed by atoms with E-state index in [0.717, 1.165) is 12.8 Å². The second-order valence-electron chi connectivity index (χ2n) is 5.76. The van der Waals surface area contributed by atoms with E-state index in [4.69, 9.17) is 4.74 Å². The van der Waals surface area contributed by atoms with Crippen molar-refractivity contribution < 1.29 is 23.9 Å². The summed E-state index contributed by atoms with van der Waals surface area (Å²) < 4.78 is 10.2. The molecule has 1 saturated carbocycles. The SMILES string of the molecule is COC(=O)CCNC(=O)CCNC(=O)c1cncc(OC2CCC2)c1. The Hall–Kier alpha value is -2.64. The number of carbonyl (C=O) groups is 3. The number of nitrogens with zero attached hydrogens (tertiary/aromatic N) is 1. The molecule has 25 heavy (non-hydrogen) atoms. The van der Waals surface area contributed by atoms with E-state index in [1.807, 2.05) is 0 Å². The lowest BCUT2D eigenvalue weighted by molar-refractivity contribution is -0.140. The average molecular weight is 349 g/mol. The molecule has 0 atom stereocenters. The topological polar surface area (TPSA) is 107 Å². The van der Waals surface area contributed by atoms with Gasteiger partial charge >= 0.3 is 5.97 Å². The van der Waals surface area contributed by atoms with Crippen molar-refractivity contribution in [1.82, 2.24) is 15.6 Å². The zero-order valence-corrected chi connectivity index (χ0v) is 14.2. The van der Waals surface area contributed by atoms with Gasteiger partial charge in [0.25, 0.3) is 5.91 Å². The van der Waals surface area contributed by atoms with E-state index >= 15 is 0 Å². The zero-order valence-electron chi connectivity index (χ0n) is 14.2. The van der Waals surface area contributed by atoms with Gasteiger partial charge in [0, 0.05) is 25.7 Å². The maximum absolute atomic E-state index is 12.1. The number of amides is 2. The number of nitrogens with one attached hydrogen (secondary N) is 2. The first-order valence-electron chi connectivity index (χ1n) is 8.32. The van der Waals surface area contributed by atoms with Crippen LogP contribution in [0.3, 0.4) is 0 Å². The van der Waals surface area contributed by atoms with Crippen molar-refractivity contribution in [3.8, 4) is 5.75 Å². The van der Waals surface area contributed by atoms with Crippen LogP contribution in [0.1, 0.15) is 42.5 Å². The highest BCUT2D eigenvalue weighted by molar-refractivity contribution is 5.94. The van der Waals surface area contributed by atoms with Crippen LogP contribution in [0.4, 0.5) is 0 Å². The lowest BCUT2D eigenvalue weighted by Crippen LogP contribution is -2.32. The summed E-state index contributed by atoms with van der Waals surface area (Å²) in [6.45, 7) is 0.403. The largest absolute Gasteiger partial charge is 0.489 e. The summed E-state index contributed by atoms with van der Waals surface area (Å²) in [6.07, 6.45) is 6.73. The molecule has 0 spiro atoms. The van der Waals surface area contributed by atoms with E-state index in [1.165, 1.54) is 19.7 Å². The van der Waals surface area contributed by atoms with Crippen LogP contribution >= 0.6 is 0 Å². The molecule has 1 aliphatic rings. The fourth-order valence-electron chi connectivity index (χ4n) is 2.17. The monoisotopic (exact) mass is 349 g/mol. The Labute approximate surface area is 146 Å². The normalized spacial score (nSPS) is 13.5. The smallest absolute Gasteiger partial charge is 0.307 e. The van der Waals surface area contributed by atoms with E-state index in [2.05, 4.69) is 20.4 Å². The van der Waals surface area contributed by atoms with Gasteiger partial charge in [0.05, 0.1) is 31.4 Å². The first-order chi connectivity index (χ1) is 12.1. The van der Waals surface area contributed by atoms with Crippen molar-refractivity contribution in [2.24, 2.45) is 0 Å². The van der Waals surface area contributed by atoms with Crippen molar-refractivity contribution >= 4 is 17.8 Å². The molecule has 2 rings (SSSR count). The second kappa shape index (κ2) is 9.61. The fourth-order valence-corrected chi connectivity index (χ4v) is 2.17. The van der Waals surface area contributed by atoms with Crippen molar-refractivity contribution in [2.75, 3.05) is 20.2 Å². The number of carbonyl (C=O) groups excluding carboxylic acids is 3. The molecule has 2 N–H and O–H groups in total. The highest BCUT2D eigenvalue weighted by atomic mass is 16.5. The van der Waals surface area contributed by atoms with Crippen LogP contribution in [0.2, 0.25) is 0 Å². The molecular weight excluding hydrogens is 326 g/mol. The van der Waals surface area contributed by atoms with Crippen LogP contribution in [-0.4, -0.2) is 49.1 Å². The lowest BCUT2D eigenvalue weighted by Gasteiger charge is -2.26. The third-order valence-corrected chi connectivity index (χ3v) is 3.85. The molecule has 0 bridgehead atoms. The van der Waals surface area contributed by atoms with Gasteiger partial charge in [0.2, 0.25) is 5.91 Å². The van der Waals surface area contributed by atoms with Crippen LogP contribution in [-0.2, 0) is 14.3 Å². The predicted octanol–water partition coefficient (Wildman–Crippen LogP) is 0.812. The molecule has 0 aromatic carbocycles. The quantitative estimate of drug-likeness (QED) is 0.639. The number of pyridine rings is 1. The molecule has 0 saturated heterocycles. The number of hydrogen-bond acceptors (Lipinski definition) is 6. The van der Waals surface area contributed by atoms with Gasteiger partial charge in [0.15, 0.2) is 0 Å². The molecule has 0 unspecified atom stereocenters. The summed E-state index contributed by atoms with van der Waals surface area (Å²) in [5.41, 5.74) is 0.392. The molecule has 1 aromatic heterocycles. The predicted molar refractivity (Wildman–Crippen MR) is 89.1 cm³/mol. The van der Waals surface area contributed by atoms with E-state index in [-0.39, 0.29) is 49.8 Å². The molecule has 1 aliphatic carbocycles. The molecule has 1 aromatic rings. The third-order valence-electron chi connectivity index (χ3n) is 3.85. The van der Waals surface area contributed by atoms with Crippen molar-refractivity contribution in [1.29, 1.82) is 0 Å². The summed E-state index contributed by atoms with van der Waals surface area (Å²) in [4.78, 5) is 38.6. The van der Waals surface area contributed by atoms with Gasteiger partial charge in [-0.25, -0.2) is 0 Å². The maximum Gasteiger partial charge on any atom is 0.307 e. The Balaban J connectivity index is 1.68. The Kier molecular flexibility index (Phi) is 7.18. The van der Waals surface area contributed by atoms with Crippen LogP contribution < -0.4 is 15.4 Å².